The second kappa shape index (κ2) is 9.36. The zero-order valence-corrected chi connectivity index (χ0v) is 14.4. The maximum Gasteiger partial charge on any atom is 0.410 e. The van der Waals surface area contributed by atoms with E-state index in [2.05, 4.69) is 4.98 Å². The Morgan fingerprint density at radius 3 is 2.38 bits per heavy atom. The number of carbonyl (C=O) groups is 3. The zero-order valence-electron chi connectivity index (χ0n) is 14.4. The number of hydrogen-bond donors (Lipinski definition) is 2. The number of amides is 3. The molecule has 0 atom stereocenters. The van der Waals surface area contributed by atoms with Crippen LogP contribution in [0.15, 0.2) is 36.5 Å². The van der Waals surface area contributed by atoms with Crippen molar-refractivity contribution < 1.29 is 19.1 Å². The molecule has 0 bridgehead atoms. The molecule has 2 rings (SSSR count). The maximum atomic E-state index is 11.9. The van der Waals surface area contributed by atoms with Crippen LogP contribution in [-0.4, -0.2) is 47.5 Å². The van der Waals surface area contributed by atoms with E-state index in [9.17, 15) is 14.4 Å². The third kappa shape index (κ3) is 5.73. The second-order valence-corrected chi connectivity index (χ2v) is 5.84. The van der Waals surface area contributed by atoms with Gasteiger partial charge < -0.3 is 16.2 Å². The largest absolute Gasteiger partial charge is 0.449 e. The molecule has 2 aromatic rings. The normalized spacial score (nSPS) is 10.5. The molecule has 1 heterocycles. The van der Waals surface area contributed by atoms with Crippen molar-refractivity contribution in [3.05, 3.63) is 42.2 Å². The predicted molar refractivity (Wildman–Crippen MR) is 96.0 cm³/mol. The topological polar surface area (TPSA) is 129 Å². The molecule has 0 saturated heterocycles. The number of benzene rings is 1. The highest BCUT2D eigenvalue weighted by molar-refractivity contribution is 5.85. The van der Waals surface area contributed by atoms with Gasteiger partial charge in [-0.1, -0.05) is 24.3 Å². The van der Waals surface area contributed by atoms with Gasteiger partial charge in [0.15, 0.2) is 0 Å². The summed E-state index contributed by atoms with van der Waals surface area (Å²) in [5.41, 5.74) is 11.1. The van der Waals surface area contributed by atoms with E-state index in [4.69, 9.17) is 16.2 Å². The monoisotopic (exact) mass is 358 g/mol. The van der Waals surface area contributed by atoms with Crippen LogP contribution in [0.4, 0.5) is 4.79 Å². The summed E-state index contributed by atoms with van der Waals surface area (Å²) in [6.45, 7) is -0.666. The quantitative estimate of drug-likeness (QED) is 0.645. The van der Waals surface area contributed by atoms with Gasteiger partial charge >= 0.3 is 6.09 Å². The van der Waals surface area contributed by atoms with Crippen molar-refractivity contribution in [2.75, 3.05) is 19.7 Å². The van der Waals surface area contributed by atoms with E-state index >= 15 is 0 Å². The zero-order chi connectivity index (χ0) is 18.9. The van der Waals surface area contributed by atoms with Gasteiger partial charge in [-0.2, -0.15) is 0 Å². The second-order valence-electron chi connectivity index (χ2n) is 5.84. The highest BCUT2D eigenvalue weighted by atomic mass is 16.6. The van der Waals surface area contributed by atoms with Crippen LogP contribution in [-0.2, 0) is 20.7 Å². The molecular weight excluding hydrogens is 336 g/mol. The average molecular weight is 358 g/mol. The number of pyridine rings is 1. The van der Waals surface area contributed by atoms with E-state index in [0.717, 1.165) is 34.2 Å². The molecule has 0 fully saturated rings. The fraction of sp³-hybridized carbons (Fsp3) is 0.333. The molecule has 0 spiro atoms. The van der Waals surface area contributed by atoms with Gasteiger partial charge in [0.2, 0.25) is 11.8 Å². The Morgan fingerprint density at radius 2 is 1.69 bits per heavy atom. The molecule has 0 unspecified atom stereocenters. The van der Waals surface area contributed by atoms with Crippen molar-refractivity contribution in [3.63, 3.8) is 0 Å². The summed E-state index contributed by atoms with van der Waals surface area (Å²) < 4.78 is 5.08. The van der Waals surface area contributed by atoms with Gasteiger partial charge in [-0.3, -0.25) is 19.5 Å². The van der Waals surface area contributed by atoms with Crippen molar-refractivity contribution in [1.29, 1.82) is 0 Å². The molecule has 0 radical (unpaired) electrons. The minimum atomic E-state index is -0.786. The number of nitrogens with zero attached hydrogens (tertiary/aromatic N) is 2. The molecule has 0 aliphatic rings. The first-order chi connectivity index (χ1) is 12.5. The Kier molecular flexibility index (Phi) is 6.90. The van der Waals surface area contributed by atoms with Crippen LogP contribution in [0.2, 0.25) is 0 Å². The molecule has 8 heteroatoms. The highest BCUT2D eigenvalue weighted by Gasteiger charge is 2.19. The third-order valence-corrected chi connectivity index (χ3v) is 3.74. The first kappa shape index (κ1) is 19.2. The van der Waals surface area contributed by atoms with Crippen LogP contribution in [0.5, 0.6) is 0 Å². The van der Waals surface area contributed by atoms with Gasteiger partial charge in [0.25, 0.3) is 0 Å². The molecule has 3 amide bonds. The molecule has 0 aliphatic heterocycles. The molecule has 26 heavy (non-hydrogen) atoms. The number of fused-ring (bicyclic) bond motifs is 1. The SMILES string of the molecule is NC(=O)CN(CC(N)=O)C(=O)OCCCCc1nccc2ccccc12. The van der Waals surface area contributed by atoms with Gasteiger partial charge in [-0.25, -0.2) is 4.79 Å². The van der Waals surface area contributed by atoms with E-state index in [1.807, 2.05) is 30.3 Å². The van der Waals surface area contributed by atoms with Gasteiger partial charge in [-0.15, -0.1) is 0 Å². The lowest BCUT2D eigenvalue weighted by Crippen LogP contribution is -2.43. The van der Waals surface area contributed by atoms with E-state index in [1.165, 1.54) is 0 Å². The molecule has 8 nitrogen and oxygen atoms in total. The smallest absolute Gasteiger partial charge is 0.410 e. The summed E-state index contributed by atoms with van der Waals surface area (Å²) in [6, 6.07) is 9.99. The summed E-state index contributed by atoms with van der Waals surface area (Å²) in [7, 11) is 0. The number of primary amides is 2. The number of rotatable bonds is 9. The van der Waals surface area contributed by atoms with Crippen molar-refractivity contribution in [2.45, 2.75) is 19.3 Å². The van der Waals surface area contributed by atoms with E-state index in [-0.39, 0.29) is 6.61 Å². The minimum Gasteiger partial charge on any atom is -0.449 e. The first-order valence-electron chi connectivity index (χ1n) is 8.28. The number of aromatic nitrogens is 1. The van der Waals surface area contributed by atoms with Gasteiger partial charge in [0, 0.05) is 17.3 Å². The number of nitrogens with two attached hydrogens (primary N) is 2. The van der Waals surface area contributed by atoms with Crippen molar-refractivity contribution in [2.24, 2.45) is 11.5 Å². The summed E-state index contributed by atoms with van der Waals surface area (Å²) in [5, 5.41) is 2.25. The van der Waals surface area contributed by atoms with Gasteiger partial charge in [-0.05, 0) is 30.7 Å². The van der Waals surface area contributed by atoms with E-state index < -0.39 is 31.0 Å². The van der Waals surface area contributed by atoms with Crippen LogP contribution >= 0.6 is 0 Å². The molecule has 138 valence electrons. The predicted octanol–water partition coefficient (Wildman–Crippen LogP) is 0.967. The Hall–Kier alpha value is -3.16. The molecule has 1 aromatic carbocycles. The van der Waals surface area contributed by atoms with Crippen molar-refractivity contribution >= 4 is 28.7 Å². The van der Waals surface area contributed by atoms with E-state index in [0.29, 0.717) is 6.42 Å². The molecule has 0 aliphatic carbocycles. The molecule has 4 N–H and O–H groups in total. The van der Waals surface area contributed by atoms with Crippen molar-refractivity contribution in [1.82, 2.24) is 9.88 Å². The number of hydrogen-bond acceptors (Lipinski definition) is 5. The summed E-state index contributed by atoms with van der Waals surface area (Å²) in [4.78, 5) is 39.1. The third-order valence-electron chi connectivity index (χ3n) is 3.74. The first-order valence-corrected chi connectivity index (χ1v) is 8.28. The van der Waals surface area contributed by atoms with Crippen LogP contribution < -0.4 is 11.5 Å². The Bertz CT molecular complexity index is 772. The number of unbranched alkanes of at least 4 members (excludes halogenated alkanes) is 1. The van der Waals surface area contributed by atoms with Crippen LogP contribution in [0.3, 0.4) is 0 Å². The van der Waals surface area contributed by atoms with Crippen LogP contribution in [0.1, 0.15) is 18.5 Å². The average Bonchev–Trinajstić information content (AvgIpc) is 2.60. The highest BCUT2D eigenvalue weighted by Crippen LogP contribution is 2.17. The summed E-state index contributed by atoms with van der Waals surface area (Å²) >= 11 is 0. The van der Waals surface area contributed by atoms with E-state index in [1.54, 1.807) is 6.20 Å². The molecular formula is C18H22N4O4. The van der Waals surface area contributed by atoms with Gasteiger partial charge in [0.05, 0.1) is 6.61 Å². The summed E-state index contributed by atoms with van der Waals surface area (Å²) in [5.74, 6) is -1.49. The molecule has 0 saturated carbocycles. The minimum absolute atomic E-state index is 0.164. The van der Waals surface area contributed by atoms with Crippen LogP contribution in [0.25, 0.3) is 10.8 Å². The Labute approximate surface area is 151 Å². The van der Waals surface area contributed by atoms with Crippen LogP contribution in [0, 0.1) is 0 Å². The lowest BCUT2D eigenvalue weighted by atomic mass is 10.1. The fourth-order valence-corrected chi connectivity index (χ4v) is 2.59. The Balaban J connectivity index is 1.79. The fourth-order valence-electron chi connectivity index (χ4n) is 2.59. The number of aryl methyl sites for hydroxylation is 1. The van der Waals surface area contributed by atoms with Gasteiger partial charge in [0.1, 0.15) is 13.1 Å². The lowest BCUT2D eigenvalue weighted by Gasteiger charge is -2.18. The Morgan fingerprint density at radius 1 is 1.00 bits per heavy atom. The molecule has 1 aromatic heterocycles. The standard InChI is InChI=1S/C18H22N4O4/c19-16(23)11-22(12-17(20)24)18(25)26-10-4-3-7-15-14-6-2-1-5-13(14)8-9-21-15/h1-2,5-6,8-9H,3-4,7,10-12H2,(H2,19,23)(H2,20,24). The lowest BCUT2D eigenvalue weighted by molar-refractivity contribution is -0.121. The van der Waals surface area contributed by atoms with Crippen molar-refractivity contribution in [3.8, 4) is 0 Å². The number of carbonyl (C=O) groups excluding carboxylic acids is 3. The number of ether oxygens (including phenoxy) is 1. The summed E-state index contributed by atoms with van der Waals surface area (Å²) in [6.07, 6.45) is 3.15. The maximum absolute atomic E-state index is 11.9.